The van der Waals surface area contributed by atoms with Crippen molar-refractivity contribution in [1.29, 1.82) is 0 Å². The zero-order valence-corrected chi connectivity index (χ0v) is 14.2. The largest absolute Gasteiger partial charge is 0.347 e. The van der Waals surface area contributed by atoms with Gasteiger partial charge in [-0.15, -0.1) is 0 Å². The number of nitrogens with one attached hydrogen (secondary N) is 1. The Hall–Kier alpha value is -1.83. The average Bonchev–Trinajstić information content (AvgIpc) is 3.01. The van der Waals surface area contributed by atoms with Crippen LogP contribution in [0.2, 0.25) is 0 Å². The number of aryl methyl sites for hydroxylation is 2. The van der Waals surface area contributed by atoms with Gasteiger partial charge in [0.25, 0.3) is 0 Å². The van der Waals surface area contributed by atoms with Crippen LogP contribution in [0.4, 0.5) is 0 Å². The van der Waals surface area contributed by atoms with Crippen LogP contribution in [-0.2, 0) is 30.6 Å². The number of amides is 1. The van der Waals surface area contributed by atoms with Crippen LogP contribution in [-0.4, -0.2) is 32.1 Å². The van der Waals surface area contributed by atoms with Crippen molar-refractivity contribution in [1.82, 2.24) is 25.2 Å². The normalized spacial score (nSPS) is 10.9. The van der Waals surface area contributed by atoms with E-state index in [0.717, 1.165) is 17.0 Å². The Kier molecular flexibility index (Phi) is 5.59. The standard InChI is InChI=1S/C14H21N5O2S/c1-9-11(10(2)19(3)17-9)5-6-13(20)15-7-14-16-12(8-22-4)18-21-14/h5-8H2,1-4H3,(H,15,20). The van der Waals surface area contributed by atoms with E-state index in [9.17, 15) is 4.79 Å². The Morgan fingerprint density at radius 3 is 2.82 bits per heavy atom. The number of hydrogen-bond donors (Lipinski definition) is 1. The summed E-state index contributed by atoms with van der Waals surface area (Å²) in [6.07, 6.45) is 3.07. The Morgan fingerprint density at radius 2 is 2.18 bits per heavy atom. The topological polar surface area (TPSA) is 85.8 Å². The van der Waals surface area contributed by atoms with Gasteiger partial charge < -0.3 is 9.84 Å². The molecule has 22 heavy (non-hydrogen) atoms. The highest BCUT2D eigenvalue weighted by Crippen LogP contribution is 2.14. The molecule has 0 fully saturated rings. The summed E-state index contributed by atoms with van der Waals surface area (Å²) in [5, 5.41) is 11.0. The summed E-state index contributed by atoms with van der Waals surface area (Å²) >= 11 is 1.62. The van der Waals surface area contributed by atoms with Gasteiger partial charge in [0.05, 0.1) is 18.0 Å². The predicted molar refractivity (Wildman–Crippen MR) is 84.4 cm³/mol. The molecule has 1 N–H and O–H groups in total. The van der Waals surface area contributed by atoms with Crippen LogP contribution in [0, 0.1) is 13.8 Å². The molecule has 2 aromatic heterocycles. The second-order valence-corrected chi connectivity index (χ2v) is 5.95. The van der Waals surface area contributed by atoms with Gasteiger partial charge >= 0.3 is 0 Å². The van der Waals surface area contributed by atoms with E-state index in [1.54, 1.807) is 11.8 Å². The van der Waals surface area contributed by atoms with Gasteiger partial charge in [0.2, 0.25) is 11.8 Å². The van der Waals surface area contributed by atoms with E-state index in [1.165, 1.54) is 0 Å². The van der Waals surface area contributed by atoms with Crippen molar-refractivity contribution in [2.45, 2.75) is 39.0 Å². The lowest BCUT2D eigenvalue weighted by molar-refractivity contribution is -0.121. The lowest BCUT2D eigenvalue weighted by Crippen LogP contribution is -2.23. The molecule has 7 nitrogen and oxygen atoms in total. The summed E-state index contributed by atoms with van der Waals surface area (Å²) in [7, 11) is 1.91. The van der Waals surface area contributed by atoms with E-state index >= 15 is 0 Å². The smallest absolute Gasteiger partial charge is 0.246 e. The van der Waals surface area contributed by atoms with E-state index < -0.39 is 0 Å². The zero-order valence-electron chi connectivity index (χ0n) is 13.3. The molecule has 120 valence electrons. The Balaban J connectivity index is 1.80. The lowest BCUT2D eigenvalue weighted by Gasteiger charge is -2.03. The van der Waals surface area contributed by atoms with Crippen LogP contribution in [0.15, 0.2) is 4.52 Å². The second-order valence-electron chi connectivity index (χ2n) is 5.09. The van der Waals surface area contributed by atoms with E-state index in [2.05, 4.69) is 20.6 Å². The van der Waals surface area contributed by atoms with E-state index in [1.807, 2.05) is 31.8 Å². The number of thioether (sulfide) groups is 1. The van der Waals surface area contributed by atoms with Crippen molar-refractivity contribution in [3.63, 3.8) is 0 Å². The fraction of sp³-hybridized carbons (Fsp3) is 0.571. The summed E-state index contributed by atoms with van der Waals surface area (Å²) in [6.45, 7) is 4.25. The molecule has 8 heteroatoms. The second kappa shape index (κ2) is 7.44. The molecule has 0 aromatic carbocycles. The summed E-state index contributed by atoms with van der Waals surface area (Å²) in [6, 6.07) is 0. The molecule has 2 rings (SSSR count). The maximum Gasteiger partial charge on any atom is 0.246 e. The van der Waals surface area contributed by atoms with Gasteiger partial charge in [-0.3, -0.25) is 9.48 Å². The molecule has 2 aromatic rings. The molecular weight excluding hydrogens is 302 g/mol. The van der Waals surface area contributed by atoms with E-state index in [-0.39, 0.29) is 12.5 Å². The molecule has 1 amide bonds. The fourth-order valence-corrected chi connectivity index (χ4v) is 2.61. The minimum atomic E-state index is -0.0349. The van der Waals surface area contributed by atoms with Crippen LogP contribution in [0.3, 0.4) is 0 Å². The van der Waals surface area contributed by atoms with Crippen LogP contribution in [0.25, 0.3) is 0 Å². The van der Waals surface area contributed by atoms with Crippen LogP contribution >= 0.6 is 11.8 Å². The Labute approximate surface area is 133 Å². The monoisotopic (exact) mass is 323 g/mol. The third-order valence-corrected chi connectivity index (χ3v) is 4.03. The van der Waals surface area contributed by atoms with Crippen molar-refractivity contribution in [2.24, 2.45) is 7.05 Å². The average molecular weight is 323 g/mol. The van der Waals surface area contributed by atoms with Crippen molar-refractivity contribution >= 4 is 17.7 Å². The Bertz CT molecular complexity index is 650. The molecule has 0 saturated carbocycles. The molecule has 0 spiro atoms. The summed E-state index contributed by atoms with van der Waals surface area (Å²) in [4.78, 5) is 16.1. The van der Waals surface area contributed by atoms with Crippen molar-refractivity contribution < 1.29 is 9.32 Å². The minimum absolute atomic E-state index is 0.0349. The molecule has 2 heterocycles. The zero-order chi connectivity index (χ0) is 16.1. The number of aromatic nitrogens is 4. The van der Waals surface area contributed by atoms with Crippen LogP contribution < -0.4 is 5.32 Å². The molecule has 0 atom stereocenters. The molecular formula is C14H21N5O2S. The highest BCUT2D eigenvalue weighted by atomic mass is 32.2. The number of rotatable bonds is 7. The molecule has 0 unspecified atom stereocenters. The number of carbonyl (C=O) groups excluding carboxylic acids is 1. The highest BCUT2D eigenvalue weighted by molar-refractivity contribution is 7.97. The SMILES string of the molecule is CSCc1noc(CNC(=O)CCc2c(C)nn(C)c2C)n1. The van der Waals surface area contributed by atoms with Crippen LogP contribution in [0.1, 0.15) is 35.1 Å². The number of carbonyl (C=O) groups is 1. The van der Waals surface area contributed by atoms with Gasteiger partial charge in [-0.2, -0.15) is 21.8 Å². The summed E-state index contributed by atoms with van der Waals surface area (Å²) < 4.78 is 6.91. The Morgan fingerprint density at radius 1 is 1.41 bits per heavy atom. The van der Waals surface area contributed by atoms with Crippen molar-refractivity contribution in [3.05, 3.63) is 28.7 Å². The van der Waals surface area contributed by atoms with Crippen molar-refractivity contribution in [2.75, 3.05) is 6.26 Å². The first-order valence-electron chi connectivity index (χ1n) is 7.07. The first-order chi connectivity index (χ1) is 10.5. The van der Waals surface area contributed by atoms with Crippen molar-refractivity contribution in [3.8, 4) is 0 Å². The van der Waals surface area contributed by atoms with Crippen LogP contribution in [0.5, 0.6) is 0 Å². The van der Waals surface area contributed by atoms with Gasteiger partial charge in [-0.05, 0) is 32.1 Å². The third-order valence-electron chi connectivity index (χ3n) is 3.48. The van der Waals surface area contributed by atoms with Gasteiger partial charge in [-0.25, -0.2) is 0 Å². The first kappa shape index (κ1) is 16.5. The molecule has 0 aliphatic rings. The molecule has 0 aliphatic heterocycles. The molecule has 0 aliphatic carbocycles. The van der Waals surface area contributed by atoms with E-state index in [4.69, 9.17) is 4.52 Å². The molecule has 0 saturated heterocycles. The maximum absolute atomic E-state index is 11.9. The molecule has 0 bridgehead atoms. The summed E-state index contributed by atoms with van der Waals surface area (Å²) in [5.41, 5.74) is 3.22. The maximum atomic E-state index is 11.9. The summed E-state index contributed by atoms with van der Waals surface area (Å²) in [5.74, 6) is 1.76. The van der Waals surface area contributed by atoms with E-state index in [0.29, 0.717) is 30.3 Å². The fourth-order valence-electron chi connectivity index (χ4n) is 2.23. The van der Waals surface area contributed by atoms with Gasteiger partial charge in [0.15, 0.2) is 5.82 Å². The van der Waals surface area contributed by atoms with Gasteiger partial charge in [-0.1, -0.05) is 5.16 Å². The highest BCUT2D eigenvalue weighted by Gasteiger charge is 2.12. The lowest BCUT2D eigenvalue weighted by atomic mass is 10.1. The predicted octanol–water partition coefficient (Wildman–Crippen LogP) is 1.53. The third kappa shape index (κ3) is 4.09. The molecule has 0 radical (unpaired) electrons. The van der Waals surface area contributed by atoms with Gasteiger partial charge in [0, 0.05) is 19.2 Å². The van der Waals surface area contributed by atoms with Gasteiger partial charge in [0.1, 0.15) is 0 Å². The first-order valence-corrected chi connectivity index (χ1v) is 8.46. The minimum Gasteiger partial charge on any atom is -0.347 e. The quantitative estimate of drug-likeness (QED) is 0.831. The number of hydrogen-bond acceptors (Lipinski definition) is 6. The number of nitrogens with zero attached hydrogens (tertiary/aromatic N) is 4.